The molecule has 0 atom stereocenters. The highest BCUT2D eigenvalue weighted by molar-refractivity contribution is 6.03. The maximum Gasteiger partial charge on any atom is 0.274 e. The van der Waals surface area contributed by atoms with Crippen LogP contribution in [0.2, 0.25) is 0 Å². The van der Waals surface area contributed by atoms with E-state index < -0.39 is 0 Å². The van der Waals surface area contributed by atoms with E-state index in [1.807, 2.05) is 18.2 Å². The van der Waals surface area contributed by atoms with E-state index in [9.17, 15) is 4.79 Å². The van der Waals surface area contributed by atoms with Crippen LogP contribution in [0.1, 0.15) is 28.5 Å². The van der Waals surface area contributed by atoms with Crippen LogP contribution >= 0.6 is 0 Å². The lowest BCUT2D eigenvalue weighted by Crippen LogP contribution is -2.14. The van der Waals surface area contributed by atoms with E-state index in [0.29, 0.717) is 17.1 Å². The number of ether oxygens (including phenoxy) is 1. The van der Waals surface area contributed by atoms with Gasteiger partial charge in [-0.05, 0) is 48.7 Å². The largest absolute Gasteiger partial charge is 0.495 e. The smallest absolute Gasteiger partial charge is 0.274 e. The Morgan fingerprint density at radius 1 is 1.07 bits per heavy atom. The number of methoxy groups -OCH3 is 1. The Labute approximate surface area is 159 Å². The van der Waals surface area contributed by atoms with E-state index in [1.54, 1.807) is 31.5 Å². The average molecular weight is 361 g/mol. The monoisotopic (exact) mass is 361 g/mol. The number of para-hydroxylation sites is 3. The second-order valence-electron chi connectivity index (χ2n) is 6.17. The summed E-state index contributed by atoms with van der Waals surface area (Å²) in [6.45, 7) is 4.20. The summed E-state index contributed by atoms with van der Waals surface area (Å²) in [5, 5.41) is 6.24. The molecule has 5 heteroatoms. The molecule has 0 radical (unpaired) electrons. The van der Waals surface area contributed by atoms with Crippen LogP contribution in [0.3, 0.4) is 0 Å². The van der Waals surface area contributed by atoms with E-state index >= 15 is 0 Å². The zero-order valence-electron chi connectivity index (χ0n) is 15.7. The van der Waals surface area contributed by atoms with Crippen LogP contribution in [0.4, 0.5) is 17.1 Å². The van der Waals surface area contributed by atoms with Gasteiger partial charge in [-0.2, -0.15) is 0 Å². The number of carbonyl (C=O) groups is 1. The van der Waals surface area contributed by atoms with Crippen molar-refractivity contribution in [1.29, 1.82) is 0 Å². The first-order valence-electron chi connectivity index (χ1n) is 8.88. The van der Waals surface area contributed by atoms with Crippen LogP contribution in [0, 0.1) is 6.92 Å². The molecule has 1 heterocycles. The van der Waals surface area contributed by atoms with Crippen molar-refractivity contribution in [3.63, 3.8) is 0 Å². The fraction of sp³-hybridized carbons (Fsp3) is 0.182. The number of nitrogens with one attached hydrogen (secondary N) is 2. The van der Waals surface area contributed by atoms with Crippen molar-refractivity contribution in [2.45, 2.75) is 20.3 Å². The normalized spacial score (nSPS) is 10.3. The van der Waals surface area contributed by atoms with Crippen LogP contribution in [0.15, 0.2) is 60.8 Å². The highest BCUT2D eigenvalue weighted by atomic mass is 16.5. The fourth-order valence-corrected chi connectivity index (χ4v) is 2.88. The van der Waals surface area contributed by atoms with Crippen molar-refractivity contribution in [3.8, 4) is 5.75 Å². The quantitative estimate of drug-likeness (QED) is 0.651. The Kier molecular flexibility index (Phi) is 5.71. The Bertz CT molecular complexity index is 937. The maximum absolute atomic E-state index is 12.5. The molecule has 3 aromatic rings. The van der Waals surface area contributed by atoms with Gasteiger partial charge in [-0.15, -0.1) is 0 Å². The number of pyridine rings is 1. The van der Waals surface area contributed by atoms with Gasteiger partial charge in [0, 0.05) is 5.69 Å². The standard InChI is InChI=1S/C22H23N3O2/c1-4-16-9-7-8-15(2)21(16)24-17-12-13-19(23-14-17)22(26)25-18-10-5-6-11-20(18)27-3/h5-14,24H,4H2,1-3H3,(H,25,26). The summed E-state index contributed by atoms with van der Waals surface area (Å²) >= 11 is 0. The number of rotatable bonds is 6. The molecule has 1 aromatic heterocycles. The van der Waals surface area contributed by atoms with E-state index in [2.05, 4.69) is 47.7 Å². The number of hydrogen-bond acceptors (Lipinski definition) is 4. The fourth-order valence-electron chi connectivity index (χ4n) is 2.88. The number of benzene rings is 2. The molecule has 0 fully saturated rings. The summed E-state index contributed by atoms with van der Waals surface area (Å²) < 4.78 is 5.26. The average Bonchev–Trinajstić information content (AvgIpc) is 2.70. The minimum absolute atomic E-state index is 0.281. The molecule has 138 valence electrons. The molecule has 0 aliphatic carbocycles. The molecular weight excluding hydrogens is 338 g/mol. The summed E-state index contributed by atoms with van der Waals surface area (Å²) in [5.41, 5.74) is 5.30. The highest BCUT2D eigenvalue weighted by Gasteiger charge is 2.11. The summed E-state index contributed by atoms with van der Waals surface area (Å²) in [6, 6.07) is 17.1. The van der Waals surface area contributed by atoms with Crippen LogP contribution in [0.5, 0.6) is 5.75 Å². The van der Waals surface area contributed by atoms with Gasteiger partial charge < -0.3 is 15.4 Å². The molecule has 27 heavy (non-hydrogen) atoms. The molecule has 3 rings (SSSR count). The molecule has 0 aliphatic heterocycles. The molecule has 0 aliphatic rings. The number of carbonyl (C=O) groups excluding carboxylic acids is 1. The van der Waals surface area contributed by atoms with Gasteiger partial charge >= 0.3 is 0 Å². The Hall–Kier alpha value is -3.34. The maximum atomic E-state index is 12.5. The van der Waals surface area contributed by atoms with Crippen LogP contribution in [0.25, 0.3) is 0 Å². The SMILES string of the molecule is CCc1cccc(C)c1Nc1ccc(C(=O)Nc2ccccc2OC)nc1. The van der Waals surface area contributed by atoms with Crippen molar-refractivity contribution in [2.24, 2.45) is 0 Å². The minimum atomic E-state index is -0.281. The molecule has 2 aromatic carbocycles. The summed E-state index contributed by atoms with van der Waals surface area (Å²) in [5.74, 6) is 0.326. The van der Waals surface area contributed by atoms with E-state index in [-0.39, 0.29) is 5.91 Å². The topological polar surface area (TPSA) is 63.2 Å². The Balaban J connectivity index is 1.75. The molecule has 5 nitrogen and oxygen atoms in total. The predicted molar refractivity (Wildman–Crippen MR) is 109 cm³/mol. The number of nitrogens with zero attached hydrogens (tertiary/aromatic N) is 1. The lowest BCUT2D eigenvalue weighted by atomic mass is 10.1. The third kappa shape index (κ3) is 4.26. The van der Waals surface area contributed by atoms with E-state index in [4.69, 9.17) is 4.74 Å². The summed E-state index contributed by atoms with van der Waals surface area (Å²) in [4.78, 5) is 16.8. The van der Waals surface area contributed by atoms with Crippen LogP contribution in [-0.4, -0.2) is 18.0 Å². The zero-order valence-corrected chi connectivity index (χ0v) is 15.7. The zero-order chi connectivity index (χ0) is 19.2. The van der Waals surface area contributed by atoms with Gasteiger partial charge in [-0.3, -0.25) is 4.79 Å². The summed E-state index contributed by atoms with van der Waals surface area (Å²) in [7, 11) is 1.57. The molecule has 0 bridgehead atoms. The molecule has 0 saturated heterocycles. The second-order valence-corrected chi connectivity index (χ2v) is 6.17. The predicted octanol–water partition coefficient (Wildman–Crippen LogP) is 4.96. The van der Waals surface area contributed by atoms with Crippen molar-refractivity contribution in [1.82, 2.24) is 4.98 Å². The van der Waals surface area contributed by atoms with Gasteiger partial charge in [0.05, 0.1) is 24.7 Å². The van der Waals surface area contributed by atoms with E-state index in [0.717, 1.165) is 17.8 Å². The first kappa shape index (κ1) is 18.5. The number of hydrogen-bond donors (Lipinski definition) is 2. The van der Waals surface area contributed by atoms with Gasteiger partial charge in [0.15, 0.2) is 0 Å². The molecule has 0 unspecified atom stereocenters. The summed E-state index contributed by atoms with van der Waals surface area (Å²) in [6.07, 6.45) is 2.61. The van der Waals surface area contributed by atoms with Gasteiger partial charge in [-0.25, -0.2) is 4.98 Å². The van der Waals surface area contributed by atoms with Crippen molar-refractivity contribution >= 4 is 23.0 Å². The van der Waals surface area contributed by atoms with Gasteiger partial charge in [-0.1, -0.05) is 37.3 Å². The van der Waals surface area contributed by atoms with Crippen molar-refractivity contribution in [3.05, 3.63) is 77.6 Å². The first-order valence-corrected chi connectivity index (χ1v) is 8.88. The molecule has 1 amide bonds. The van der Waals surface area contributed by atoms with Gasteiger partial charge in [0.1, 0.15) is 11.4 Å². The second kappa shape index (κ2) is 8.36. The van der Waals surface area contributed by atoms with Crippen LogP contribution in [-0.2, 0) is 6.42 Å². The van der Waals surface area contributed by atoms with Gasteiger partial charge in [0.2, 0.25) is 0 Å². The van der Waals surface area contributed by atoms with Crippen molar-refractivity contribution in [2.75, 3.05) is 17.7 Å². The minimum Gasteiger partial charge on any atom is -0.495 e. The van der Waals surface area contributed by atoms with Crippen LogP contribution < -0.4 is 15.4 Å². The molecule has 0 saturated carbocycles. The highest BCUT2D eigenvalue weighted by Crippen LogP contribution is 2.26. The third-order valence-electron chi connectivity index (χ3n) is 4.36. The van der Waals surface area contributed by atoms with Crippen molar-refractivity contribution < 1.29 is 9.53 Å². The van der Waals surface area contributed by atoms with Gasteiger partial charge in [0.25, 0.3) is 5.91 Å². The van der Waals surface area contributed by atoms with E-state index in [1.165, 1.54) is 11.1 Å². The number of amides is 1. The number of aromatic nitrogens is 1. The molecule has 2 N–H and O–H groups in total. The number of anilines is 3. The lowest BCUT2D eigenvalue weighted by molar-refractivity contribution is 0.102. The molecule has 0 spiro atoms. The Morgan fingerprint density at radius 3 is 2.59 bits per heavy atom. The molecular formula is C22H23N3O2. The lowest BCUT2D eigenvalue weighted by Gasteiger charge is -2.14. The third-order valence-corrected chi connectivity index (χ3v) is 4.36. The number of aryl methyl sites for hydroxylation is 2. The first-order chi connectivity index (χ1) is 13.1. The Morgan fingerprint density at radius 2 is 1.89 bits per heavy atom.